The van der Waals surface area contributed by atoms with Crippen LogP contribution >= 0.6 is 0 Å². The molecule has 0 radical (unpaired) electrons. The molecule has 0 heterocycles. The maximum Gasteiger partial charge on any atom is 0.326 e. The number of ether oxygens (including phenoxy) is 1. The molecule has 0 saturated heterocycles. The topological polar surface area (TPSA) is 99.2 Å². The van der Waals surface area contributed by atoms with Crippen molar-refractivity contribution in [2.45, 2.75) is 18.9 Å². The second kappa shape index (κ2) is 9.13. The van der Waals surface area contributed by atoms with Gasteiger partial charge in [0.2, 0.25) is 0 Å². The van der Waals surface area contributed by atoms with Crippen LogP contribution < -0.4 is 5.32 Å². The van der Waals surface area contributed by atoms with Gasteiger partial charge in [0.05, 0.1) is 13.5 Å². The molecule has 116 valence electrons. The van der Waals surface area contributed by atoms with Crippen molar-refractivity contribution in [2.24, 2.45) is 0 Å². The highest BCUT2D eigenvalue weighted by Crippen LogP contribution is 1.98. The van der Waals surface area contributed by atoms with E-state index >= 15 is 0 Å². The van der Waals surface area contributed by atoms with Gasteiger partial charge in [0.15, 0.2) is 0 Å². The first kappa shape index (κ1) is 18.2. The molecule has 0 unspecified atom stereocenters. The molecule has 0 aliphatic carbocycles. The van der Waals surface area contributed by atoms with Crippen molar-refractivity contribution in [3.8, 4) is 0 Å². The van der Waals surface area contributed by atoms with Crippen LogP contribution in [-0.4, -0.2) is 80.3 Å². The number of carboxylic acid groups (broad SMARTS) is 1. The van der Waals surface area contributed by atoms with Gasteiger partial charge in [-0.1, -0.05) is 0 Å². The molecule has 0 aliphatic rings. The Labute approximate surface area is 118 Å². The van der Waals surface area contributed by atoms with Crippen LogP contribution in [0.5, 0.6) is 0 Å². The summed E-state index contributed by atoms with van der Waals surface area (Å²) in [5.74, 6) is -1.96. The first-order valence-corrected chi connectivity index (χ1v) is 6.24. The SMILES string of the molecule is COC(=O)C[C@H](NC(=O)N(C)CCCN(C)C)C(=O)O. The number of carbonyl (C=O) groups excluding carboxylic acids is 2. The summed E-state index contributed by atoms with van der Waals surface area (Å²) in [5.41, 5.74) is 0. The minimum Gasteiger partial charge on any atom is -0.480 e. The number of carboxylic acids is 1. The maximum atomic E-state index is 11.8. The third-order valence-electron chi connectivity index (χ3n) is 2.64. The van der Waals surface area contributed by atoms with Gasteiger partial charge in [0.1, 0.15) is 6.04 Å². The molecule has 0 bridgehead atoms. The molecule has 8 nitrogen and oxygen atoms in total. The molecule has 1 atom stereocenters. The molecular weight excluding hydrogens is 266 g/mol. The summed E-state index contributed by atoms with van der Waals surface area (Å²) in [4.78, 5) is 37.2. The lowest BCUT2D eigenvalue weighted by Crippen LogP contribution is -2.48. The largest absolute Gasteiger partial charge is 0.480 e. The molecule has 0 spiro atoms. The second-order valence-electron chi connectivity index (χ2n) is 4.70. The Hall–Kier alpha value is -1.83. The van der Waals surface area contributed by atoms with E-state index in [0.717, 1.165) is 20.1 Å². The van der Waals surface area contributed by atoms with Crippen molar-refractivity contribution in [1.29, 1.82) is 0 Å². The Morgan fingerprint density at radius 2 is 1.80 bits per heavy atom. The van der Waals surface area contributed by atoms with E-state index in [1.807, 2.05) is 19.0 Å². The third kappa shape index (κ3) is 7.57. The Morgan fingerprint density at radius 3 is 2.25 bits per heavy atom. The number of aliphatic carboxylic acids is 1. The van der Waals surface area contributed by atoms with Crippen LogP contribution in [-0.2, 0) is 14.3 Å². The highest BCUT2D eigenvalue weighted by Gasteiger charge is 2.24. The fourth-order valence-corrected chi connectivity index (χ4v) is 1.43. The summed E-state index contributed by atoms with van der Waals surface area (Å²) in [6.45, 7) is 1.32. The number of esters is 1. The predicted molar refractivity (Wildman–Crippen MR) is 72.4 cm³/mol. The normalized spacial score (nSPS) is 11.8. The van der Waals surface area contributed by atoms with Crippen molar-refractivity contribution >= 4 is 18.0 Å². The van der Waals surface area contributed by atoms with E-state index in [1.54, 1.807) is 7.05 Å². The van der Waals surface area contributed by atoms with Crippen LogP contribution in [0.3, 0.4) is 0 Å². The smallest absolute Gasteiger partial charge is 0.326 e. The van der Waals surface area contributed by atoms with Gasteiger partial charge >= 0.3 is 18.0 Å². The van der Waals surface area contributed by atoms with Crippen LogP contribution in [0.1, 0.15) is 12.8 Å². The second-order valence-corrected chi connectivity index (χ2v) is 4.70. The fourth-order valence-electron chi connectivity index (χ4n) is 1.43. The minimum atomic E-state index is -1.29. The quantitative estimate of drug-likeness (QED) is 0.590. The number of methoxy groups -OCH3 is 1. The number of rotatable bonds is 8. The van der Waals surface area contributed by atoms with Crippen molar-refractivity contribution in [1.82, 2.24) is 15.1 Å². The van der Waals surface area contributed by atoms with Crippen LogP contribution in [0.15, 0.2) is 0 Å². The van der Waals surface area contributed by atoms with Crippen molar-refractivity contribution in [2.75, 3.05) is 41.3 Å². The Morgan fingerprint density at radius 1 is 1.20 bits per heavy atom. The van der Waals surface area contributed by atoms with Gasteiger partial charge in [-0.15, -0.1) is 0 Å². The van der Waals surface area contributed by atoms with E-state index in [9.17, 15) is 14.4 Å². The first-order valence-electron chi connectivity index (χ1n) is 6.24. The number of amides is 2. The number of urea groups is 1. The molecule has 0 aromatic rings. The molecule has 0 aromatic heterocycles. The molecule has 2 N–H and O–H groups in total. The third-order valence-corrected chi connectivity index (χ3v) is 2.64. The Balaban J connectivity index is 4.30. The van der Waals surface area contributed by atoms with Gasteiger partial charge in [-0.2, -0.15) is 0 Å². The molecule has 20 heavy (non-hydrogen) atoms. The summed E-state index contributed by atoms with van der Waals surface area (Å²) in [6, 6.07) is -1.81. The number of hydrogen-bond donors (Lipinski definition) is 2. The molecule has 0 saturated carbocycles. The Bertz CT molecular complexity index is 346. The van der Waals surface area contributed by atoms with Crippen LogP contribution in [0, 0.1) is 0 Å². The lowest BCUT2D eigenvalue weighted by atomic mass is 10.2. The van der Waals surface area contributed by atoms with Crippen molar-refractivity contribution < 1.29 is 24.2 Å². The summed E-state index contributed by atoms with van der Waals surface area (Å²) in [7, 11) is 6.59. The van der Waals surface area contributed by atoms with E-state index in [1.165, 1.54) is 4.90 Å². The molecule has 0 rings (SSSR count). The fraction of sp³-hybridized carbons (Fsp3) is 0.750. The molecule has 2 amide bonds. The molecule has 0 fully saturated rings. The molecule has 0 aromatic carbocycles. The number of nitrogens with zero attached hydrogens (tertiary/aromatic N) is 2. The summed E-state index contributed by atoms with van der Waals surface area (Å²) in [6.07, 6.45) is 0.370. The number of carbonyl (C=O) groups is 3. The lowest BCUT2D eigenvalue weighted by Gasteiger charge is -2.21. The standard InChI is InChI=1S/C12H23N3O5/c1-14(2)6-5-7-15(3)12(19)13-9(11(17)18)8-10(16)20-4/h9H,5-8H2,1-4H3,(H,13,19)(H,17,18)/t9-/m0/s1. The van der Waals surface area contributed by atoms with E-state index in [4.69, 9.17) is 5.11 Å². The summed E-state index contributed by atoms with van der Waals surface area (Å²) in [5, 5.41) is 11.2. The average molecular weight is 289 g/mol. The van der Waals surface area contributed by atoms with E-state index in [2.05, 4.69) is 10.1 Å². The molecular formula is C12H23N3O5. The van der Waals surface area contributed by atoms with Gasteiger partial charge in [0.25, 0.3) is 0 Å². The molecule has 8 heteroatoms. The zero-order valence-electron chi connectivity index (χ0n) is 12.4. The maximum absolute atomic E-state index is 11.8. The van der Waals surface area contributed by atoms with Gasteiger partial charge in [-0.3, -0.25) is 4.79 Å². The van der Waals surface area contributed by atoms with Crippen LogP contribution in [0.2, 0.25) is 0 Å². The van der Waals surface area contributed by atoms with Crippen LogP contribution in [0.25, 0.3) is 0 Å². The number of nitrogens with one attached hydrogen (secondary N) is 1. The highest BCUT2D eigenvalue weighted by atomic mass is 16.5. The predicted octanol–water partition coefficient (Wildman–Crippen LogP) is -0.404. The van der Waals surface area contributed by atoms with Crippen molar-refractivity contribution in [3.63, 3.8) is 0 Å². The minimum absolute atomic E-state index is 0.400. The zero-order valence-corrected chi connectivity index (χ0v) is 12.4. The number of hydrogen-bond acceptors (Lipinski definition) is 5. The monoisotopic (exact) mass is 289 g/mol. The van der Waals surface area contributed by atoms with Gasteiger partial charge in [0, 0.05) is 13.6 Å². The first-order chi connectivity index (χ1) is 9.27. The molecule has 0 aliphatic heterocycles. The van der Waals surface area contributed by atoms with Crippen LogP contribution in [0.4, 0.5) is 4.79 Å². The Kier molecular flexibility index (Phi) is 8.30. The van der Waals surface area contributed by atoms with E-state index in [-0.39, 0.29) is 0 Å². The van der Waals surface area contributed by atoms with E-state index in [0.29, 0.717) is 6.54 Å². The summed E-state index contributed by atoms with van der Waals surface area (Å²) >= 11 is 0. The van der Waals surface area contributed by atoms with Gasteiger partial charge in [-0.05, 0) is 27.1 Å². The van der Waals surface area contributed by atoms with Crippen molar-refractivity contribution in [3.05, 3.63) is 0 Å². The van der Waals surface area contributed by atoms with Gasteiger partial charge in [-0.25, -0.2) is 9.59 Å². The highest BCUT2D eigenvalue weighted by molar-refractivity contribution is 5.86. The zero-order chi connectivity index (χ0) is 15.7. The van der Waals surface area contributed by atoms with Gasteiger partial charge < -0.3 is 25.0 Å². The summed E-state index contributed by atoms with van der Waals surface area (Å²) < 4.78 is 4.39. The average Bonchev–Trinajstić information content (AvgIpc) is 2.36. The van der Waals surface area contributed by atoms with E-state index < -0.39 is 30.4 Å². The lowest BCUT2D eigenvalue weighted by molar-refractivity contribution is -0.147.